The molecule has 15 heteroatoms. The summed E-state index contributed by atoms with van der Waals surface area (Å²) in [4.78, 5) is 29.4. The average Bonchev–Trinajstić information content (AvgIpc) is 4.25. The van der Waals surface area contributed by atoms with Crippen molar-refractivity contribution in [2.45, 2.75) is 117 Å². The highest BCUT2D eigenvalue weighted by atomic mass is 32.1. The van der Waals surface area contributed by atoms with E-state index in [1.54, 1.807) is 22.7 Å². The minimum absolute atomic E-state index is 0.0903. The third kappa shape index (κ3) is 11.6. The van der Waals surface area contributed by atoms with Gasteiger partial charge >= 0.3 is 6.09 Å². The first-order valence-electron chi connectivity index (χ1n) is 25.6. The molecule has 0 unspecified atom stereocenters. The van der Waals surface area contributed by atoms with Crippen molar-refractivity contribution in [3.63, 3.8) is 0 Å². The van der Waals surface area contributed by atoms with Crippen LogP contribution in [0.5, 0.6) is 0 Å². The van der Waals surface area contributed by atoms with Gasteiger partial charge in [0.25, 0.3) is 11.8 Å². The summed E-state index contributed by atoms with van der Waals surface area (Å²) in [6.07, 6.45) is 3.26. The SMILES string of the molecule is Cc1sc(-c2nc(-c3cccc4c3CC[C@H]4N(CCO[Si](C)(C)C(C)(C)C)C(=O)OC(C)(C)C)no2)cc1-c1ccccc1.Cc1sc(-c2nc(-c3cccc4c3CC[C@H]4NCCO)no2)cc1-c1ccccc1. The van der Waals surface area contributed by atoms with Crippen LogP contribution in [0.1, 0.15) is 98.5 Å². The van der Waals surface area contributed by atoms with Gasteiger partial charge in [-0.25, -0.2) is 4.79 Å². The number of fused-ring (bicyclic) bond motifs is 2. The van der Waals surface area contributed by atoms with E-state index in [0.717, 1.165) is 57.7 Å². The molecule has 12 nitrogen and oxygen atoms in total. The van der Waals surface area contributed by atoms with Gasteiger partial charge in [0.05, 0.1) is 29.0 Å². The van der Waals surface area contributed by atoms with Crippen molar-refractivity contribution in [2.75, 3.05) is 26.3 Å². The lowest BCUT2D eigenvalue weighted by atomic mass is 10.0. The lowest BCUT2D eigenvalue weighted by molar-refractivity contribution is 0.0125. The van der Waals surface area contributed by atoms with Gasteiger partial charge in [0.2, 0.25) is 11.6 Å². The molecule has 0 aliphatic heterocycles. The van der Waals surface area contributed by atoms with Crippen LogP contribution in [-0.4, -0.2) is 76.6 Å². The summed E-state index contributed by atoms with van der Waals surface area (Å²) < 4.78 is 23.8. The normalized spacial score (nSPS) is 15.4. The molecule has 74 heavy (non-hydrogen) atoms. The number of carbonyl (C=O) groups is 1. The van der Waals surface area contributed by atoms with Gasteiger partial charge in [-0.15, -0.1) is 22.7 Å². The number of aliphatic hydroxyl groups excluding tert-OH is 1. The Morgan fingerprint density at radius 1 is 0.716 bits per heavy atom. The van der Waals surface area contributed by atoms with Gasteiger partial charge < -0.3 is 28.6 Å². The van der Waals surface area contributed by atoms with E-state index in [-0.39, 0.29) is 29.8 Å². The van der Waals surface area contributed by atoms with Crippen molar-refractivity contribution in [3.05, 3.63) is 141 Å². The number of nitrogens with zero attached hydrogens (tertiary/aromatic N) is 5. The van der Waals surface area contributed by atoms with Crippen molar-refractivity contribution >= 4 is 37.1 Å². The second-order valence-electron chi connectivity index (χ2n) is 21.6. The van der Waals surface area contributed by atoms with Crippen LogP contribution in [-0.2, 0) is 22.0 Å². The summed E-state index contributed by atoms with van der Waals surface area (Å²) >= 11 is 3.33. The number of nitrogens with one attached hydrogen (secondary N) is 1. The molecule has 0 radical (unpaired) electrons. The summed E-state index contributed by atoms with van der Waals surface area (Å²) in [5.41, 5.74) is 10.9. The highest BCUT2D eigenvalue weighted by molar-refractivity contribution is 7.16. The maximum atomic E-state index is 13.6. The number of hydrogen-bond donors (Lipinski definition) is 2. The molecule has 4 aromatic heterocycles. The molecule has 0 saturated carbocycles. The number of thiophene rings is 2. The standard InChI is InChI=1S/C35H45N3O4SSi.C24H23N3O2S/c1-23-28(24-14-11-10-12-15-24)22-30(43-23)32-36-31(37-42-32)27-17-13-16-26-25(27)18-19-29(26)38(33(39)41-34(2,3)4)20-21-40-44(8,9)35(5,6)7;1-15-20(16-6-3-2-4-7-16)14-22(30-15)24-26-23(27-29-24)19-9-5-8-18-17(19)10-11-21(18)25-12-13-28/h10-17,22,29H,18-21H2,1-9H3;2-9,14,21,25,28H,10-13H2,1H3/t29-;21-/m11/s1. The fourth-order valence-electron chi connectivity index (χ4n) is 9.64. The highest BCUT2D eigenvalue weighted by Crippen LogP contribution is 2.44. The third-order valence-corrected chi connectivity index (χ3v) is 21.0. The second-order valence-corrected chi connectivity index (χ2v) is 28.9. The maximum absolute atomic E-state index is 13.6. The first-order chi connectivity index (χ1) is 35.4. The fraction of sp³-hybridized carbons (Fsp3) is 0.373. The number of hydrogen-bond acceptors (Lipinski definition) is 13. The molecule has 1 amide bonds. The van der Waals surface area contributed by atoms with Crippen molar-refractivity contribution < 1.29 is 28.1 Å². The van der Waals surface area contributed by atoms with Crippen molar-refractivity contribution in [2.24, 2.45) is 0 Å². The van der Waals surface area contributed by atoms with Crippen LogP contribution < -0.4 is 5.32 Å². The third-order valence-electron chi connectivity index (χ3n) is 14.4. The van der Waals surface area contributed by atoms with Crippen LogP contribution >= 0.6 is 22.7 Å². The molecule has 8 aromatic rings. The van der Waals surface area contributed by atoms with E-state index in [1.165, 1.54) is 43.1 Å². The zero-order valence-corrected chi connectivity index (χ0v) is 46.9. The number of ether oxygens (including phenoxy) is 1. The molecule has 2 atom stereocenters. The average molecular weight is 1050 g/mol. The zero-order chi connectivity index (χ0) is 52.4. The lowest BCUT2D eigenvalue weighted by Crippen LogP contribution is -2.45. The molecule has 2 N–H and O–H groups in total. The van der Waals surface area contributed by atoms with Gasteiger partial charge in [0.15, 0.2) is 8.32 Å². The minimum atomic E-state index is -1.97. The summed E-state index contributed by atoms with van der Waals surface area (Å²) in [6, 6.07) is 37.6. The molecular formula is C59H68N6O6S2Si. The first kappa shape index (κ1) is 52.8. The monoisotopic (exact) mass is 1050 g/mol. The summed E-state index contributed by atoms with van der Waals surface area (Å²) in [5.74, 6) is 2.28. The van der Waals surface area contributed by atoms with E-state index in [1.807, 2.05) is 68.1 Å². The number of aromatic nitrogens is 4. The van der Waals surface area contributed by atoms with Crippen LogP contribution in [0.2, 0.25) is 18.1 Å². The molecular weight excluding hydrogens is 981 g/mol. The number of benzene rings is 4. The Labute approximate surface area is 444 Å². The summed E-state index contributed by atoms with van der Waals surface area (Å²) in [6.45, 7) is 22.8. The number of amides is 1. The van der Waals surface area contributed by atoms with Crippen LogP contribution in [0.3, 0.4) is 0 Å². The molecule has 2 aliphatic rings. The topological polar surface area (TPSA) is 149 Å². The molecule has 0 saturated heterocycles. The van der Waals surface area contributed by atoms with Crippen LogP contribution in [0.25, 0.3) is 66.6 Å². The molecule has 0 bridgehead atoms. The van der Waals surface area contributed by atoms with Crippen LogP contribution in [0.4, 0.5) is 4.79 Å². The minimum Gasteiger partial charge on any atom is -0.444 e. The Bertz CT molecular complexity index is 3200. The second kappa shape index (κ2) is 22.0. The highest BCUT2D eigenvalue weighted by Gasteiger charge is 2.39. The molecule has 4 heterocycles. The van der Waals surface area contributed by atoms with Gasteiger partial charge in [-0.2, -0.15) is 9.97 Å². The van der Waals surface area contributed by atoms with E-state index in [2.05, 4.69) is 130 Å². The molecule has 0 spiro atoms. The number of aryl methyl sites for hydroxylation is 2. The Kier molecular flexibility index (Phi) is 15.7. The van der Waals surface area contributed by atoms with Gasteiger partial charge in [-0.1, -0.05) is 128 Å². The van der Waals surface area contributed by atoms with Gasteiger partial charge in [0.1, 0.15) is 5.60 Å². The fourth-order valence-corrected chi connectivity index (χ4v) is 12.6. The predicted molar refractivity (Wildman–Crippen MR) is 300 cm³/mol. The largest absolute Gasteiger partial charge is 0.444 e. The van der Waals surface area contributed by atoms with Crippen molar-refractivity contribution in [1.82, 2.24) is 30.5 Å². The molecule has 10 rings (SSSR count). The Hall–Kier alpha value is -6.07. The smallest absolute Gasteiger partial charge is 0.410 e. The Morgan fingerprint density at radius 2 is 1.23 bits per heavy atom. The van der Waals surface area contributed by atoms with Gasteiger partial charge in [-0.05, 0) is 135 Å². The number of carbonyl (C=O) groups excluding carboxylic acids is 1. The number of aliphatic hydroxyl groups is 1. The van der Waals surface area contributed by atoms with Crippen molar-refractivity contribution in [3.8, 4) is 66.6 Å². The molecule has 386 valence electrons. The van der Waals surface area contributed by atoms with E-state index in [4.69, 9.17) is 33.3 Å². The van der Waals surface area contributed by atoms with Gasteiger partial charge in [-0.3, -0.25) is 4.90 Å². The lowest BCUT2D eigenvalue weighted by Gasteiger charge is -2.38. The maximum Gasteiger partial charge on any atom is 0.410 e. The molecule has 4 aromatic carbocycles. The van der Waals surface area contributed by atoms with Gasteiger partial charge in [0, 0.05) is 40.0 Å². The quantitative estimate of drug-likeness (QED) is 0.100. The van der Waals surface area contributed by atoms with E-state index >= 15 is 0 Å². The van der Waals surface area contributed by atoms with E-state index in [9.17, 15) is 4.79 Å². The predicted octanol–water partition coefficient (Wildman–Crippen LogP) is 14.7. The first-order valence-corrected chi connectivity index (χ1v) is 30.1. The molecule has 2 aliphatic carbocycles. The van der Waals surface area contributed by atoms with Crippen LogP contribution in [0.15, 0.2) is 118 Å². The number of rotatable bonds is 14. The van der Waals surface area contributed by atoms with Crippen LogP contribution in [0, 0.1) is 13.8 Å². The summed E-state index contributed by atoms with van der Waals surface area (Å²) in [5, 5.41) is 21.3. The molecule has 0 fully saturated rings. The zero-order valence-electron chi connectivity index (χ0n) is 44.2. The van der Waals surface area contributed by atoms with E-state index in [0.29, 0.717) is 43.1 Å². The Balaban J connectivity index is 0.000000195. The van der Waals surface area contributed by atoms with Crippen molar-refractivity contribution in [1.29, 1.82) is 0 Å². The summed E-state index contributed by atoms with van der Waals surface area (Å²) in [7, 11) is -1.97. The van der Waals surface area contributed by atoms with E-state index < -0.39 is 13.9 Å². The Morgan fingerprint density at radius 3 is 1.74 bits per heavy atom.